The van der Waals surface area contributed by atoms with E-state index in [1.54, 1.807) is 0 Å². The highest BCUT2D eigenvalue weighted by molar-refractivity contribution is 5.95. The molecule has 0 radical (unpaired) electrons. The molecule has 2 heterocycles. The number of likely N-dealkylation sites (N-methyl/N-ethyl adjacent to an activating group) is 1. The lowest BCUT2D eigenvalue weighted by atomic mass is 10.0. The second-order valence-corrected chi connectivity index (χ2v) is 6.32. The van der Waals surface area contributed by atoms with Crippen LogP contribution in [0.3, 0.4) is 0 Å². The zero-order chi connectivity index (χ0) is 16.4. The van der Waals surface area contributed by atoms with Crippen molar-refractivity contribution >= 4 is 11.6 Å². The van der Waals surface area contributed by atoms with Gasteiger partial charge < -0.3 is 14.2 Å². The van der Waals surface area contributed by atoms with Gasteiger partial charge in [0.05, 0.1) is 5.56 Å². The number of nitrogens with zero attached hydrogens (tertiary/aromatic N) is 2. The van der Waals surface area contributed by atoms with Crippen molar-refractivity contribution in [2.24, 2.45) is 0 Å². The van der Waals surface area contributed by atoms with Crippen LogP contribution in [0.15, 0.2) is 40.8 Å². The number of hydrogen-bond acceptors (Lipinski definition) is 3. The molecule has 1 aromatic carbocycles. The van der Waals surface area contributed by atoms with Gasteiger partial charge in [0, 0.05) is 31.9 Å². The fraction of sp³-hybridized carbons (Fsp3) is 0.421. The van der Waals surface area contributed by atoms with Crippen LogP contribution in [0, 0.1) is 13.8 Å². The molecule has 4 heteroatoms. The molecule has 0 spiro atoms. The number of rotatable bonds is 3. The molecule has 1 aliphatic rings. The summed E-state index contributed by atoms with van der Waals surface area (Å²) in [5.74, 6) is 1.54. The number of hydrogen-bond donors (Lipinski definition) is 0. The van der Waals surface area contributed by atoms with E-state index in [-0.39, 0.29) is 11.9 Å². The summed E-state index contributed by atoms with van der Waals surface area (Å²) in [5.41, 5.74) is 1.91. The van der Waals surface area contributed by atoms with Crippen molar-refractivity contribution in [3.63, 3.8) is 0 Å². The van der Waals surface area contributed by atoms with Crippen LogP contribution in [0.5, 0.6) is 0 Å². The van der Waals surface area contributed by atoms with Gasteiger partial charge >= 0.3 is 0 Å². The van der Waals surface area contributed by atoms with Crippen LogP contribution in [-0.4, -0.2) is 37.0 Å². The third-order valence-corrected chi connectivity index (χ3v) is 4.66. The minimum Gasteiger partial charge on any atom is -0.466 e. The SMILES string of the molecule is Cc1cc(C(=O)N(C)C2CCCN(c3ccccc3)C2)c(C)o1. The number of benzene rings is 1. The van der Waals surface area contributed by atoms with Gasteiger partial charge in [-0.25, -0.2) is 0 Å². The van der Waals surface area contributed by atoms with Crippen molar-refractivity contribution in [1.82, 2.24) is 4.90 Å². The van der Waals surface area contributed by atoms with Gasteiger partial charge in [-0.05, 0) is 44.9 Å². The average Bonchev–Trinajstić information content (AvgIpc) is 2.93. The average molecular weight is 312 g/mol. The van der Waals surface area contributed by atoms with E-state index in [9.17, 15) is 4.79 Å². The van der Waals surface area contributed by atoms with Gasteiger partial charge in [0.25, 0.3) is 5.91 Å². The van der Waals surface area contributed by atoms with Gasteiger partial charge in [-0.3, -0.25) is 4.79 Å². The molecule has 0 aliphatic carbocycles. The van der Waals surface area contributed by atoms with E-state index in [2.05, 4.69) is 29.2 Å². The number of amides is 1. The second-order valence-electron chi connectivity index (χ2n) is 6.32. The van der Waals surface area contributed by atoms with Crippen molar-refractivity contribution in [3.05, 3.63) is 53.5 Å². The summed E-state index contributed by atoms with van der Waals surface area (Å²) >= 11 is 0. The van der Waals surface area contributed by atoms with Gasteiger partial charge in [-0.1, -0.05) is 18.2 Å². The molecule has 2 aromatic rings. The van der Waals surface area contributed by atoms with Gasteiger partial charge in [0.1, 0.15) is 11.5 Å². The predicted octanol–water partition coefficient (Wildman–Crippen LogP) is 3.64. The summed E-state index contributed by atoms with van der Waals surface area (Å²) in [7, 11) is 1.91. The number of para-hydroxylation sites is 1. The van der Waals surface area contributed by atoms with E-state index >= 15 is 0 Å². The lowest BCUT2D eigenvalue weighted by Crippen LogP contribution is -2.48. The normalized spacial score (nSPS) is 18.0. The van der Waals surface area contributed by atoms with Crippen LogP contribution >= 0.6 is 0 Å². The van der Waals surface area contributed by atoms with Crippen LogP contribution < -0.4 is 4.90 Å². The molecule has 0 bridgehead atoms. The topological polar surface area (TPSA) is 36.7 Å². The van der Waals surface area contributed by atoms with Crippen LogP contribution in [-0.2, 0) is 0 Å². The molecular formula is C19H24N2O2. The van der Waals surface area contributed by atoms with Crippen LogP contribution in [0.1, 0.15) is 34.7 Å². The first-order chi connectivity index (χ1) is 11.1. The maximum Gasteiger partial charge on any atom is 0.257 e. The second kappa shape index (κ2) is 6.49. The van der Waals surface area contributed by atoms with Crippen LogP contribution in [0.4, 0.5) is 5.69 Å². The molecule has 3 rings (SSSR count). The molecule has 23 heavy (non-hydrogen) atoms. The Hall–Kier alpha value is -2.23. The van der Waals surface area contributed by atoms with Crippen molar-refractivity contribution in [3.8, 4) is 0 Å². The first-order valence-corrected chi connectivity index (χ1v) is 8.20. The number of piperidine rings is 1. The molecule has 1 saturated heterocycles. The fourth-order valence-corrected chi connectivity index (χ4v) is 3.34. The van der Waals surface area contributed by atoms with Gasteiger partial charge in [-0.2, -0.15) is 0 Å². The van der Waals surface area contributed by atoms with E-state index in [0.717, 1.165) is 31.7 Å². The van der Waals surface area contributed by atoms with Crippen molar-refractivity contribution in [1.29, 1.82) is 0 Å². The Morgan fingerprint density at radius 2 is 2.00 bits per heavy atom. The molecule has 1 amide bonds. The fourth-order valence-electron chi connectivity index (χ4n) is 3.34. The Kier molecular flexibility index (Phi) is 4.42. The quantitative estimate of drug-likeness (QED) is 0.868. The highest BCUT2D eigenvalue weighted by Crippen LogP contribution is 2.24. The number of furan rings is 1. The summed E-state index contributed by atoms with van der Waals surface area (Å²) in [6.45, 7) is 5.65. The van der Waals surface area contributed by atoms with Crippen molar-refractivity contribution < 1.29 is 9.21 Å². The highest BCUT2D eigenvalue weighted by atomic mass is 16.3. The molecular weight excluding hydrogens is 288 g/mol. The molecule has 122 valence electrons. The summed E-state index contributed by atoms with van der Waals surface area (Å²) in [6.07, 6.45) is 2.14. The number of anilines is 1. The van der Waals surface area contributed by atoms with Gasteiger partial charge in [0.15, 0.2) is 0 Å². The lowest BCUT2D eigenvalue weighted by molar-refractivity contribution is 0.0715. The molecule has 1 fully saturated rings. The zero-order valence-electron chi connectivity index (χ0n) is 14.1. The Bertz CT molecular complexity index is 678. The standard InChI is InChI=1S/C19H24N2O2/c1-14-12-18(15(2)23-14)19(22)20(3)17-10-7-11-21(13-17)16-8-5-4-6-9-16/h4-6,8-9,12,17H,7,10-11,13H2,1-3H3. The van der Waals surface area contributed by atoms with Crippen molar-refractivity contribution in [2.45, 2.75) is 32.7 Å². The third kappa shape index (κ3) is 3.26. The predicted molar refractivity (Wildman–Crippen MR) is 92.0 cm³/mol. The summed E-state index contributed by atoms with van der Waals surface area (Å²) in [6, 6.07) is 12.5. The molecule has 0 N–H and O–H groups in total. The Balaban J connectivity index is 1.73. The summed E-state index contributed by atoms with van der Waals surface area (Å²) < 4.78 is 5.51. The van der Waals surface area contributed by atoms with E-state index in [4.69, 9.17) is 4.42 Å². The molecule has 4 nitrogen and oxygen atoms in total. The minimum absolute atomic E-state index is 0.0549. The summed E-state index contributed by atoms with van der Waals surface area (Å²) in [4.78, 5) is 17.0. The Morgan fingerprint density at radius 1 is 1.26 bits per heavy atom. The third-order valence-electron chi connectivity index (χ3n) is 4.66. The van der Waals surface area contributed by atoms with E-state index in [0.29, 0.717) is 11.3 Å². The molecule has 0 saturated carbocycles. The first-order valence-electron chi connectivity index (χ1n) is 8.20. The van der Waals surface area contributed by atoms with Gasteiger partial charge in [0.2, 0.25) is 0 Å². The Labute approximate surface area is 137 Å². The van der Waals surface area contributed by atoms with E-state index < -0.39 is 0 Å². The Morgan fingerprint density at radius 3 is 2.65 bits per heavy atom. The van der Waals surface area contributed by atoms with Crippen LogP contribution in [0.25, 0.3) is 0 Å². The molecule has 1 aliphatic heterocycles. The maximum atomic E-state index is 12.8. The number of carbonyl (C=O) groups excluding carboxylic acids is 1. The monoisotopic (exact) mass is 312 g/mol. The number of aryl methyl sites for hydroxylation is 2. The summed E-state index contributed by atoms with van der Waals surface area (Å²) in [5, 5.41) is 0. The lowest BCUT2D eigenvalue weighted by Gasteiger charge is -2.38. The molecule has 1 unspecified atom stereocenters. The zero-order valence-corrected chi connectivity index (χ0v) is 14.1. The van der Waals surface area contributed by atoms with Crippen molar-refractivity contribution in [2.75, 3.05) is 25.0 Å². The number of carbonyl (C=O) groups is 1. The van der Waals surface area contributed by atoms with Crippen LogP contribution in [0.2, 0.25) is 0 Å². The minimum atomic E-state index is 0.0549. The largest absolute Gasteiger partial charge is 0.466 e. The highest BCUT2D eigenvalue weighted by Gasteiger charge is 2.28. The smallest absolute Gasteiger partial charge is 0.257 e. The van der Waals surface area contributed by atoms with Gasteiger partial charge in [-0.15, -0.1) is 0 Å². The molecule has 1 atom stereocenters. The van der Waals surface area contributed by atoms with E-state index in [1.807, 2.05) is 37.9 Å². The maximum absolute atomic E-state index is 12.8. The first kappa shape index (κ1) is 15.7. The molecule has 1 aromatic heterocycles. The van der Waals surface area contributed by atoms with E-state index in [1.165, 1.54) is 5.69 Å².